The van der Waals surface area contributed by atoms with Crippen LogP contribution in [0, 0.1) is 0 Å². The van der Waals surface area contributed by atoms with Crippen molar-refractivity contribution < 1.29 is 8.76 Å². The summed E-state index contributed by atoms with van der Waals surface area (Å²) in [6, 6.07) is 0. The normalized spacial score (nSPS) is 19.3. The van der Waals surface area contributed by atoms with Crippen molar-refractivity contribution in [2.45, 2.75) is 45.6 Å². The fourth-order valence-corrected chi connectivity index (χ4v) is 1.73. The Kier molecular flexibility index (Phi) is 4.88. The Labute approximate surface area is 71.0 Å². The average Bonchev–Trinajstić information content (AvgIpc) is 1.87. The Balaban J connectivity index is 3.98. The fourth-order valence-electron chi connectivity index (χ4n) is 1.06. The van der Waals surface area contributed by atoms with Gasteiger partial charge in [0, 0.05) is 5.54 Å². The molecule has 0 spiro atoms. The van der Waals surface area contributed by atoms with Crippen LogP contribution in [0.2, 0.25) is 0 Å². The lowest BCUT2D eigenvalue weighted by molar-refractivity contribution is 0.366. The van der Waals surface area contributed by atoms with Crippen LogP contribution in [0.3, 0.4) is 0 Å². The predicted octanol–water partition coefficient (Wildman–Crippen LogP) is 1.68. The van der Waals surface area contributed by atoms with E-state index in [0.717, 1.165) is 19.3 Å². The van der Waals surface area contributed by atoms with E-state index in [4.69, 9.17) is 4.55 Å². The summed E-state index contributed by atoms with van der Waals surface area (Å²) < 4.78 is 21.7. The SMILES string of the molecule is CCCC(C)(CC)NS(=O)O. The van der Waals surface area contributed by atoms with Crippen LogP contribution in [-0.2, 0) is 11.3 Å². The number of rotatable bonds is 5. The first-order valence-corrected chi connectivity index (χ1v) is 5.03. The predicted molar refractivity (Wildman–Crippen MR) is 47.5 cm³/mol. The van der Waals surface area contributed by atoms with Gasteiger partial charge in [-0.1, -0.05) is 20.3 Å². The van der Waals surface area contributed by atoms with Crippen molar-refractivity contribution in [1.82, 2.24) is 4.72 Å². The van der Waals surface area contributed by atoms with Crippen molar-refractivity contribution >= 4 is 11.3 Å². The molecule has 0 heterocycles. The van der Waals surface area contributed by atoms with E-state index in [1.165, 1.54) is 0 Å². The second-order valence-corrected chi connectivity index (χ2v) is 3.72. The van der Waals surface area contributed by atoms with E-state index in [1.807, 2.05) is 13.8 Å². The molecule has 4 heteroatoms. The molecular weight excluding hydrogens is 162 g/mol. The zero-order valence-corrected chi connectivity index (χ0v) is 8.20. The molecule has 2 N–H and O–H groups in total. The van der Waals surface area contributed by atoms with Crippen LogP contribution < -0.4 is 4.72 Å². The summed E-state index contributed by atoms with van der Waals surface area (Å²) in [7, 11) is 0. The van der Waals surface area contributed by atoms with Crippen LogP contribution >= 0.6 is 0 Å². The monoisotopic (exact) mass is 179 g/mol. The summed E-state index contributed by atoms with van der Waals surface area (Å²) in [6.07, 6.45) is 2.82. The number of hydrogen-bond donors (Lipinski definition) is 2. The average molecular weight is 179 g/mol. The summed E-state index contributed by atoms with van der Waals surface area (Å²) in [5, 5.41) is 0. The quantitative estimate of drug-likeness (QED) is 0.631. The highest BCUT2D eigenvalue weighted by molar-refractivity contribution is 7.77. The van der Waals surface area contributed by atoms with E-state index in [1.54, 1.807) is 0 Å². The lowest BCUT2D eigenvalue weighted by atomic mass is 9.95. The molecule has 0 aliphatic heterocycles. The number of hydrogen-bond acceptors (Lipinski definition) is 1. The molecule has 0 aliphatic carbocycles. The zero-order valence-electron chi connectivity index (χ0n) is 7.39. The van der Waals surface area contributed by atoms with Crippen molar-refractivity contribution in [2.24, 2.45) is 0 Å². The van der Waals surface area contributed by atoms with Gasteiger partial charge in [0.1, 0.15) is 0 Å². The molecule has 0 saturated carbocycles. The van der Waals surface area contributed by atoms with Gasteiger partial charge in [0.15, 0.2) is 0 Å². The van der Waals surface area contributed by atoms with Gasteiger partial charge in [-0.2, -0.15) is 0 Å². The van der Waals surface area contributed by atoms with Crippen molar-refractivity contribution in [1.29, 1.82) is 0 Å². The Morgan fingerprint density at radius 2 is 2.09 bits per heavy atom. The maximum atomic E-state index is 10.4. The molecule has 0 saturated heterocycles. The minimum atomic E-state index is -1.89. The molecule has 2 atom stereocenters. The van der Waals surface area contributed by atoms with Gasteiger partial charge in [-0.25, -0.2) is 8.93 Å². The Bertz CT molecular complexity index is 140. The van der Waals surface area contributed by atoms with Gasteiger partial charge in [0.05, 0.1) is 0 Å². The molecule has 2 unspecified atom stereocenters. The van der Waals surface area contributed by atoms with Gasteiger partial charge >= 0.3 is 0 Å². The molecule has 68 valence electrons. The van der Waals surface area contributed by atoms with Crippen molar-refractivity contribution in [3.63, 3.8) is 0 Å². The molecule has 11 heavy (non-hydrogen) atoms. The Hall–Kier alpha value is 0.0700. The molecule has 0 rings (SSSR count). The van der Waals surface area contributed by atoms with Gasteiger partial charge in [-0.3, -0.25) is 4.55 Å². The molecule has 0 fully saturated rings. The van der Waals surface area contributed by atoms with E-state index in [2.05, 4.69) is 11.6 Å². The first-order valence-electron chi connectivity index (χ1n) is 3.92. The summed E-state index contributed by atoms with van der Waals surface area (Å²) in [5.41, 5.74) is -0.186. The highest BCUT2D eigenvalue weighted by atomic mass is 32.2. The Morgan fingerprint density at radius 1 is 1.55 bits per heavy atom. The zero-order chi connectivity index (χ0) is 8.91. The standard InChI is InChI=1S/C7H17NO2S/c1-4-6-7(3,5-2)8-11(9)10/h8H,4-6H2,1-3H3,(H,9,10). The first-order chi connectivity index (χ1) is 5.04. The van der Waals surface area contributed by atoms with E-state index in [-0.39, 0.29) is 5.54 Å². The van der Waals surface area contributed by atoms with E-state index in [0.29, 0.717) is 0 Å². The van der Waals surface area contributed by atoms with Gasteiger partial charge in [-0.15, -0.1) is 0 Å². The van der Waals surface area contributed by atoms with E-state index in [9.17, 15) is 4.21 Å². The van der Waals surface area contributed by atoms with Gasteiger partial charge in [-0.05, 0) is 19.8 Å². The van der Waals surface area contributed by atoms with Crippen LogP contribution in [0.1, 0.15) is 40.0 Å². The van der Waals surface area contributed by atoms with Crippen LogP contribution in [-0.4, -0.2) is 14.3 Å². The molecule has 0 aliphatic rings. The van der Waals surface area contributed by atoms with Gasteiger partial charge in [0.25, 0.3) is 0 Å². The smallest absolute Gasteiger partial charge is 0.232 e. The minimum Gasteiger partial charge on any atom is -0.294 e. The van der Waals surface area contributed by atoms with Crippen LogP contribution in [0.25, 0.3) is 0 Å². The third-order valence-electron chi connectivity index (χ3n) is 1.92. The molecule has 0 aromatic heterocycles. The van der Waals surface area contributed by atoms with Gasteiger partial charge < -0.3 is 0 Å². The summed E-state index contributed by atoms with van der Waals surface area (Å²) in [6.45, 7) is 6.04. The van der Waals surface area contributed by atoms with Crippen LogP contribution in [0.5, 0.6) is 0 Å². The van der Waals surface area contributed by atoms with Crippen molar-refractivity contribution in [2.75, 3.05) is 0 Å². The summed E-state index contributed by atoms with van der Waals surface area (Å²) >= 11 is -1.89. The van der Waals surface area contributed by atoms with Crippen LogP contribution in [0.4, 0.5) is 0 Å². The van der Waals surface area contributed by atoms with Crippen molar-refractivity contribution in [3.05, 3.63) is 0 Å². The summed E-state index contributed by atoms with van der Waals surface area (Å²) in [4.78, 5) is 0. The molecular formula is C7H17NO2S. The topological polar surface area (TPSA) is 49.3 Å². The maximum Gasteiger partial charge on any atom is 0.232 e. The highest BCUT2D eigenvalue weighted by Crippen LogP contribution is 2.16. The lowest BCUT2D eigenvalue weighted by Gasteiger charge is -2.26. The second-order valence-electron chi connectivity index (χ2n) is 3.02. The summed E-state index contributed by atoms with van der Waals surface area (Å²) in [5.74, 6) is 0. The van der Waals surface area contributed by atoms with Crippen molar-refractivity contribution in [3.8, 4) is 0 Å². The second kappa shape index (κ2) is 4.85. The third-order valence-corrected chi connectivity index (χ3v) is 2.58. The largest absolute Gasteiger partial charge is 0.294 e. The Morgan fingerprint density at radius 3 is 2.36 bits per heavy atom. The lowest BCUT2D eigenvalue weighted by Crippen LogP contribution is -2.42. The minimum absolute atomic E-state index is 0.186. The molecule has 0 amide bonds. The van der Waals surface area contributed by atoms with Crippen LogP contribution in [0.15, 0.2) is 0 Å². The molecule has 3 nitrogen and oxygen atoms in total. The van der Waals surface area contributed by atoms with E-state index >= 15 is 0 Å². The molecule has 0 radical (unpaired) electrons. The molecule has 0 aromatic rings. The number of nitrogens with one attached hydrogen (secondary N) is 1. The van der Waals surface area contributed by atoms with E-state index < -0.39 is 11.3 Å². The molecule has 0 aromatic carbocycles. The highest BCUT2D eigenvalue weighted by Gasteiger charge is 2.21. The maximum absolute atomic E-state index is 10.4. The van der Waals surface area contributed by atoms with Gasteiger partial charge in [0.2, 0.25) is 11.3 Å². The first kappa shape index (κ1) is 11.1. The third kappa shape index (κ3) is 4.50. The fraction of sp³-hybridized carbons (Fsp3) is 1.00. The molecule has 0 bridgehead atoms.